The van der Waals surface area contributed by atoms with Crippen molar-refractivity contribution in [1.29, 1.82) is 0 Å². The van der Waals surface area contributed by atoms with E-state index in [1.807, 2.05) is 0 Å². The zero-order valence-electron chi connectivity index (χ0n) is 6.40. The third-order valence-electron chi connectivity index (χ3n) is 1.44. The van der Waals surface area contributed by atoms with E-state index < -0.39 is 0 Å². The van der Waals surface area contributed by atoms with Crippen LogP contribution in [0.5, 0.6) is 0 Å². The van der Waals surface area contributed by atoms with Crippen LogP contribution in [0.4, 0.5) is 5.69 Å². The molecule has 0 aliphatic rings. The Bertz CT molecular complexity index is 338. The molecule has 4 heteroatoms. The standard InChI is InChI=1S/C8H7ClINO/c1-4(12)6-2-5(10)3-7(11)8(6)9/h2-3H,11H2,1H3. The van der Waals surface area contributed by atoms with E-state index in [0.29, 0.717) is 16.3 Å². The molecule has 2 N–H and O–H groups in total. The van der Waals surface area contributed by atoms with Gasteiger partial charge in [0.1, 0.15) is 0 Å². The van der Waals surface area contributed by atoms with E-state index in [0.717, 1.165) is 3.57 Å². The van der Waals surface area contributed by atoms with Gasteiger partial charge in [-0.3, -0.25) is 4.79 Å². The molecule has 1 aromatic carbocycles. The average Bonchev–Trinajstić information content (AvgIpc) is 1.96. The Labute approximate surface area is 89.2 Å². The van der Waals surface area contributed by atoms with Gasteiger partial charge in [0.05, 0.1) is 10.7 Å². The topological polar surface area (TPSA) is 43.1 Å². The van der Waals surface area contributed by atoms with Crippen LogP contribution in [-0.4, -0.2) is 5.78 Å². The molecule has 0 radical (unpaired) electrons. The van der Waals surface area contributed by atoms with E-state index in [4.69, 9.17) is 17.3 Å². The number of carbonyl (C=O) groups is 1. The Morgan fingerprint density at radius 3 is 2.67 bits per heavy atom. The largest absolute Gasteiger partial charge is 0.397 e. The first-order valence-corrected chi connectivity index (χ1v) is 4.73. The van der Waals surface area contributed by atoms with Crippen LogP contribution in [0.3, 0.4) is 0 Å². The zero-order chi connectivity index (χ0) is 9.30. The first kappa shape index (κ1) is 9.80. The van der Waals surface area contributed by atoms with Crippen molar-refractivity contribution in [1.82, 2.24) is 0 Å². The summed E-state index contributed by atoms with van der Waals surface area (Å²) in [5.41, 5.74) is 6.51. The summed E-state index contributed by atoms with van der Waals surface area (Å²) in [5.74, 6) is -0.0646. The number of benzene rings is 1. The van der Waals surface area contributed by atoms with Crippen molar-refractivity contribution in [2.45, 2.75) is 6.92 Å². The molecule has 0 saturated carbocycles. The number of carbonyl (C=O) groups excluding carboxylic acids is 1. The minimum Gasteiger partial charge on any atom is -0.397 e. The smallest absolute Gasteiger partial charge is 0.161 e. The summed E-state index contributed by atoms with van der Waals surface area (Å²) < 4.78 is 0.916. The van der Waals surface area contributed by atoms with Crippen LogP contribution in [0.15, 0.2) is 12.1 Å². The maximum Gasteiger partial charge on any atom is 0.161 e. The molecule has 0 spiro atoms. The van der Waals surface area contributed by atoms with E-state index in [9.17, 15) is 4.79 Å². The van der Waals surface area contributed by atoms with Gasteiger partial charge in [0.2, 0.25) is 0 Å². The van der Waals surface area contributed by atoms with Crippen molar-refractivity contribution in [3.63, 3.8) is 0 Å². The van der Waals surface area contributed by atoms with Crippen LogP contribution in [0.25, 0.3) is 0 Å². The molecule has 0 aliphatic heterocycles. The summed E-state index contributed by atoms with van der Waals surface area (Å²) in [5, 5.41) is 0.350. The number of hydrogen-bond acceptors (Lipinski definition) is 2. The molecule has 0 aliphatic carbocycles. The summed E-state index contributed by atoms with van der Waals surface area (Å²) in [6, 6.07) is 3.46. The highest BCUT2D eigenvalue weighted by Crippen LogP contribution is 2.26. The van der Waals surface area contributed by atoms with Gasteiger partial charge >= 0.3 is 0 Å². The van der Waals surface area contributed by atoms with Crippen molar-refractivity contribution in [3.05, 3.63) is 26.3 Å². The Balaban J connectivity index is 3.37. The second-order valence-electron chi connectivity index (χ2n) is 2.41. The van der Waals surface area contributed by atoms with Crippen LogP contribution >= 0.6 is 34.2 Å². The quantitative estimate of drug-likeness (QED) is 0.492. The molecule has 0 fully saturated rings. The summed E-state index contributed by atoms with van der Waals surface area (Å²) >= 11 is 7.90. The summed E-state index contributed by atoms with van der Waals surface area (Å²) in [4.78, 5) is 11.0. The first-order valence-electron chi connectivity index (χ1n) is 3.28. The Kier molecular flexibility index (Phi) is 2.95. The highest BCUT2D eigenvalue weighted by Gasteiger charge is 2.09. The lowest BCUT2D eigenvalue weighted by atomic mass is 10.1. The van der Waals surface area contributed by atoms with Gasteiger partial charge in [0.15, 0.2) is 5.78 Å². The molecule has 0 amide bonds. The lowest BCUT2D eigenvalue weighted by molar-refractivity contribution is 0.101. The summed E-state index contributed by atoms with van der Waals surface area (Å²) in [7, 11) is 0. The number of ketones is 1. The fraction of sp³-hybridized carbons (Fsp3) is 0.125. The number of hydrogen-bond donors (Lipinski definition) is 1. The lowest BCUT2D eigenvalue weighted by Gasteiger charge is -2.03. The molecule has 64 valence electrons. The van der Waals surface area contributed by atoms with Crippen LogP contribution in [0.1, 0.15) is 17.3 Å². The van der Waals surface area contributed by atoms with Crippen molar-refractivity contribution in [2.24, 2.45) is 0 Å². The van der Waals surface area contributed by atoms with E-state index in [1.54, 1.807) is 12.1 Å². The highest BCUT2D eigenvalue weighted by atomic mass is 127. The minimum absolute atomic E-state index is 0.0646. The maximum absolute atomic E-state index is 11.0. The number of anilines is 1. The summed E-state index contributed by atoms with van der Waals surface area (Å²) in [6.07, 6.45) is 0. The van der Waals surface area contributed by atoms with Gasteiger partial charge in [-0.05, 0) is 41.6 Å². The van der Waals surface area contributed by atoms with E-state index in [2.05, 4.69) is 22.6 Å². The van der Waals surface area contributed by atoms with Crippen LogP contribution in [-0.2, 0) is 0 Å². The van der Waals surface area contributed by atoms with E-state index in [-0.39, 0.29) is 5.78 Å². The van der Waals surface area contributed by atoms with Gasteiger partial charge < -0.3 is 5.73 Å². The SMILES string of the molecule is CC(=O)c1cc(I)cc(N)c1Cl. The number of nitrogen functional groups attached to an aromatic ring is 1. The Morgan fingerprint density at radius 2 is 2.17 bits per heavy atom. The molecule has 0 unspecified atom stereocenters. The van der Waals surface area contributed by atoms with Crippen molar-refractivity contribution in [2.75, 3.05) is 5.73 Å². The number of rotatable bonds is 1. The maximum atomic E-state index is 11.0. The Hall–Kier alpha value is -0.290. The molecule has 12 heavy (non-hydrogen) atoms. The molecule has 0 atom stereocenters. The van der Waals surface area contributed by atoms with Crippen LogP contribution in [0.2, 0.25) is 5.02 Å². The number of Topliss-reactive ketones (excluding diaryl/α,β-unsaturated/α-hetero) is 1. The second-order valence-corrected chi connectivity index (χ2v) is 4.04. The second kappa shape index (κ2) is 3.62. The fourth-order valence-corrected chi connectivity index (χ4v) is 1.76. The van der Waals surface area contributed by atoms with Crippen molar-refractivity contribution < 1.29 is 4.79 Å². The van der Waals surface area contributed by atoms with Gasteiger partial charge in [-0.2, -0.15) is 0 Å². The first-order chi connectivity index (χ1) is 5.52. The molecule has 1 rings (SSSR count). The van der Waals surface area contributed by atoms with E-state index in [1.165, 1.54) is 6.92 Å². The third-order valence-corrected chi connectivity index (χ3v) is 2.49. The molecular weight excluding hydrogens is 288 g/mol. The minimum atomic E-state index is -0.0646. The number of halogens is 2. The van der Waals surface area contributed by atoms with Gasteiger partial charge in [0.25, 0.3) is 0 Å². The third kappa shape index (κ3) is 1.90. The van der Waals surface area contributed by atoms with Gasteiger partial charge in [-0.25, -0.2) is 0 Å². The van der Waals surface area contributed by atoms with Gasteiger partial charge in [0, 0.05) is 9.13 Å². The van der Waals surface area contributed by atoms with Crippen molar-refractivity contribution >= 4 is 45.7 Å². The molecule has 0 aromatic heterocycles. The summed E-state index contributed by atoms with van der Waals surface area (Å²) in [6.45, 7) is 1.47. The zero-order valence-corrected chi connectivity index (χ0v) is 9.31. The lowest BCUT2D eigenvalue weighted by Crippen LogP contribution is -1.98. The average molecular weight is 296 g/mol. The fourth-order valence-electron chi connectivity index (χ4n) is 0.867. The van der Waals surface area contributed by atoms with Gasteiger partial charge in [-0.1, -0.05) is 11.6 Å². The Morgan fingerprint density at radius 1 is 1.58 bits per heavy atom. The van der Waals surface area contributed by atoms with Crippen LogP contribution < -0.4 is 5.73 Å². The monoisotopic (exact) mass is 295 g/mol. The molecule has 2 nitrogen and oxygen atoms in total. The van der Waals surface area contributed by atoms with Crippen molar-refractivity contribution in [3.8, 4) is 0 Å². The van der Waals surface area contributed by atoms with Gasteiger partial charge in [-0.15, -0.1) is 0 Å². The molecule has 0 saturated heterocycles. The van der Waals surface area contributed by atoms with E-state index >= 15 is 0 Å². The molecular formula is C8H7ClINO. The van der Waals surface area contributed by atoms with Crippen LogP contribution in [0, 0.1) is 3.57 Å². The number of nitrogens with two attached hydrogens (primary N) is 1. The predicted molar refractivity (Wildman–Crippen MR) is 58.6 cm³/mol. The molecule has 0 bridgehead atoms. The molecule has 1 aromatic rings. The molecule has 0 heterocycles. The predicted octanol–water partition coefficient (Wildman–Crippen LogP) is 2.73. The normalized spacial score (nSPS) is 9.92. The highest BCUT2D eigenvalue weighted by molar-refractivity contribution is 14.1.